The van der Waals surface area contributed by atoms with Gasteiger partial charge in [0, 0.05) is 66.9 Å². The van der Waals surface area contributed by atoms with E-state index in [0.717, 1.165) is 54.3 Å². The largest absolute Gasteiger partial charge is 0.352 e. The summed E-state index contributed by atoms with van der Waals surface area (Å²) in [5.41, 5.74) is 4.53. The highest BCUT2D eigenvalue weighted by Crippen LogP contribution is 2.38. The number of nitrogens with one attached hydrogen (secondary N) is 2. The van der Waals surface area contributed by atoms with Gasteiger partial charge in [0.25, 0.3) is 0 Å². The van der Waals surface area contributed by atoms with Crippen LogP contribution in [-0.2, 0) is 24.2 Å². The first-order chi connectivity index (χ1) is 20.5. The van der Waals surface area contributed by atoms with E-state index < -0.39 is 6.04 Å². The second-order valence-corrected chi connectivity index (χ2v) is 12.9. The Balaban J connectivity index is 1.28. The molecule has 3 amide bonds. The molecule has 2 aromatic heterocycles. The standard InChI is InChI=1S/C31H37BrClN7O2/c32-23-16-22-7-6-21-17-24(33)8-9-26(21)29(28(22)36-18-23)39-14-15-40(31(42)37-25-4-2-1-3-5-25)27(19-39)30(41)35-11-13-38-12-10-34-20-38/h8-10,12,16-18,20,25,27,29H,1-7,11,13-15,19H2,(H,35,41)(H,37,42)/t27-,29?/m1/s1. The first-order valence-electron chi connectivity index (χ1n) is 14.9. The van der Waals surface area contributed by atoms with E-state index in [1.54, 1.807) is 17.4 Å². The molecule has 3 aliphatic rings. The molecule has 0 spiro atoms. The van der Waals surface area contributed by atoms with E-state index in [1.165, 1.54) is 17.5 Å². The lowest BCUT2D eigenvalue weighted by molar-refractivity contribution is -0.127. The van der Waals surface area contributed by atoms with Crippen LogP contribution in [0.1, 0.15) is 60.5 Å². The van der Waals surface area contributed by atoms with Crippen molar-refractivity contribution in [1.29, 1.82) is 0 Å². The number of aryl methyl sites for hydroxylation is 2. The Kier molecular flexibility index (Phi) is 9.11. The minimum atomic E-state index is -0.636. The third-order valence-corrected chi connectivity index (χ3v) is 9.46. The van der Waals surface area contributed by atoms with Crippen LogP contribution >= 0.6 is 27.5 Å². The smallest absolute Gasteiger partial charge is 0.318 e. The molecular weight excluding hydrogens is 618 g/mol. The number of imidazole rings is 1. The number of benzene rings is 1. The van der Waals surface area contributed by atoms with Crippen molar-refractivity contribution in [2.24, 2.45) is 0 Å². The molecule has 2 N–H and O–H groups in total. The van der Waals surface area contributed by atoms with Gasteiger partial charge in [-0.25, -0.2) is 9.78 Å². The number of halogens is 2. The molecule has 11 heteroatoms. The molecule has 1 aliphatic heterocycles. The summed E-state index contributed by atoms with van der Waals surface area (Å²) in [5, 5.41) is 7.05. The monoisotopic (exact) mass is 653 g/mol. The van der Waals surface area contributed by atoms with Crippen molar-refractivity contribution in [2.75, 3.05) is 26.2 Å². The zero-order valence-electron chi connectivity index (χ0n) is 23.6. The van der Waals surface area contributed by atoms with Gasteiger partial charge < -0.3 is 20.1 Å². The molecule has 9 nitrogen and oxygen atoms in total. The molecule has 1 saturated heterocycles. The summed E-state index contributed by atoms with van der Waals surface area (Å²) in [6.07, 6.45) is 14.4. The van der Waals surface area contributed by atoms with Gasteiger partial charge in [0.05, 0.1) is 18.1 Å². The lowest BCUT2D eigenvalue weighted by atomic mass is 9.95. The second kappa shape index (κ2) is 13.1. The van der Waals surface area contributed by atoms with Gasteiger partial charge in [-0.05, 0) is 76.5 Å². The van der Waals surface area contributed by atoms with Crippen molar-refractivity contribution in [3.05, 3.63) is 81.1 Å². The molecule has 1 saturated carbocycles. The van der Waals surface area contributed by atoms with Crippen LogP contribution in [0.25, 0.3) is 0 Å². The average Bonchev–Trinajstić information content (AvgIpc) is 3.46. The fourth-order valence-corrected chi connectivity index (χ4v) is 7.21. The maximum Gasteiger partial charge on any atom is 0.318 e. The van der Waals surface area contributed by atoms with Crippen LogP contribution in [-0.4, -0.2) is 74.5 Å². The molecule has 2 atom stereocenters. The van der Waals surface area contributed by atoms with Gasteiger partial charge in [0.1, 0.15) is 6.04 Å². The van der Waals surface area contributed by atoms with Crippen molar-refractivity contribution in [2.45, 2.75) is 69.6 Å². The van der Waals surface area contributed by atoms with E-state index in [4.69, 9.17) is 16.6 Å². The van der Waals surface area contributed by atoms with Crippen LogP contribution in [0, 0.1) is 0 Å². The zero-order chi connectivity index (χ0) is 29.1. The van der Waals surface area contributed by atoms with E-state index in [0.29, 0.717) is 37.7 Å². The molecule has 0 bridgehead atoms. The Labute approximate surface area is 260 Å². The van der Waals surface area contributed by atoms with Crippen LogP contribution in [0.3, 0.4) is 0 Å². The number of hydrogen-bond acceptors (Lipinski definition) is 5. The van der Waals surface area contributed by atoms with Crippen molar-refractivity contribution >= 4 is 39.5 Å². The highest BCUT2D eigenvalue weighted by molar-refractivity contribution is 9.10. The van der Waals surface area contributed by atoms with Crippen LogP contribution in [0.15, 0.2) is 53.7 Å². The minimum Gasteiger partial charge on any atom is -0.352 e. The van der Waals surface area contributed by atoms with E-state index in [2.05, 4.69) is 54.6 Å². The average molecular weight is 655 g/mol. The predicted molar refractivity (Wildman–Crippen MR) is 165 cm³/mol. The summed E-state index contributed by atoms with van der Waals surface area (Å²) in [6, 6.07) is 7.48. The Hall–Kier alpha value is -2.95. The minimum absolute atomic E-state index is 0.146. The third kappa shape index (κ3) is 6.50. The number of carbonyl (C=O) groups excluding carboxylic acids is 2. The topological polar surface area (TPSA) is 95.4 Å². The van der Waals surface area contributed by atoms with Crippen LogP contribution in [0.5, 0.6) is 0 Å². The lowest BCUT2D eigenvalue weighted by Gasteiger charge is -2.44. The van der Waals surface area contributed by atoms with Gasteiger partial charge in [-0.3, -0.25) is 14.7 Å². The number of urea groups is 1. The number of aromatic nitrogens is 3. The summed E-state index contributed by atoms with van der Waals surface area (Å²) in [7, 11) is 0. The number of rotatable bonds is 6. The summed E-state index contributed by atoms with van der Waals surface area (Å²) in [5.74, 6) is -0.146. The number of pyridine rings is 1. The van der Waals surface area contributed by atoms with Crippen LogP contribution in [0.2, 0.25) is 5.02 Å². The second-order valence-electron chi connectivity index (χ2n) is 11.5. The number of fused-ring (bicyclic) bond motifs is 2. The maximum absolute atomic E-state index is 13.8. The van der Waals surface area contributed by atoms with Gasteiger partial charge in [-0.1, -0.05) is 36.9 Å². The molecule has 1 unspecified atom stereocenters. The maximum atomic E-state index is 13.8. The molecule has 1 aromatic carbocycles. The molecule has 0 radical (unpaired) electrons. The van der Waals surface area contributed by atoms with E-state index in [1.807, 2.05) is 23.0 Å². The van der Waals surface area contributed by atoms with Crippen molar-refractivity contribution in [3.8, 4) is 0 Å². The highest BCUT2D eigenvalue weighted by atomic mass is 79.9. The van der Waals surface area contributed by atoms with E-state index in [9.17, 15) is 9.59 Å². The molecule has 2 aliphatic carbocycles. The SMILES string of the molecule is O=C(NCCn1ccnc1)[C@H]1CN(C2c3ccc(Cl)cc3CCc3cc(Br)cnc32)CCN1C(=O)NC1CCCCC1. The predicted octanol–water partition coefficient (Wildman–Crippen LogP) is 4.73. The third-order valence-electron chi connectivity index (χ3n) is 8.79. The normalized spacial score (nSPS) is 21.2. The number of carbonyl (C=O) groups is 2. The molecule has 222 valence electrons. The molecular formula is C31H37BrClN7O2. The van der Waals surface area contributed by atoms with Gasteiger partial charge in [0.2, 0.25) is 5.91 Å². The molecule has 6 rings (SSSR count). The molecule has 3 aromatic rings. The van der Waals surface area contributed by atoms with Crippen molar-refractivity contribution < 1.29 is 9.59 Å². The zero-order valence-corrected chi connectivity index (χ0v) is 26.0. The Morgan fingerprint density at radius 2 is 1.90 bits per heavy atom. The number of hydrogen-bond donors (Lipinski definition) is 2. The van der Waals surface area contributed by atoms with Crippen molar-refractivity contribution in [3.63, 3.8) is 0 Å². The Morgan fingerprint density at radius 1 is 1.07 bits per heavy atom. The van der Waals surface area contributed by atoms with Gasteiger partial charge >= 0.3 is 6.03 Å². The summed E-state index contributed by atoms with van der Waals surface area (Å²) in [6.45, 7) is 2.54. The number of amides is 3. The van der Waals surface area contributed by atoms with Gasteiger partial charge in [-0.2, -0.15) is 0 Å². The van der Waals surface area contributed by atoms with Crippen molar-refractivity contribution in [1.82, 2.24) is 35.0 Å². The Bertz CT molecular complexity index is 1360. The van der Waals surface area contributed by atoms with Crippen LogP contribution < -0.4 is 10.6 Å². The summed E-state index contributed by atoms with van der Waals surface area (Å²) in [4.78, 5) is 40.5. The Morgan fingerprint density at radius 3 is 2.71 bits per heavy atom. The number of nitrogens with zero attached hydrogens (tertiary/aromatic N) is 5. The first kappa shape index (κ1) is 29.1. The van der Waals surface area contributed by atoms with Gasteiger partial charge in [0.15, 0.2) is 0 Å². The first-order valence-corrected chi connectivity index (χ1v) is 16.1. The molecule has 2 fully saturated rings. The van der Waals surface area contributed by atoms with Gasteiger partial charge in [-0.15, -0.1) is 0 Å². The number of piperazine rings is 1. The summed E-state index contributed by atoms with van der Waals surface area (Å²) < 4.78 is 2.87. The fraction of sp³-hybridized carbons (Fsp3) is 0.484. The molecule has 3 heterocycles. The van der Waals surface area contributed by atoms with E-state index in [-0.39, 0.29) is 24.0 Å². The highest BCUT2D eigenvalue weighted by Gasteiger charge is 2.40. The van der Waals surface area contributed by atoms with Crippen LogP contribution in [0.4, 0.5) is 4.79 Å². The van der Waals surface area contributed by atoms with E-state index >= 15 is 0 Å². The lowest BCUT2D eigenvalue weighted by Crippen LogP contribution is -2.63. The fourth-order valence-electron chi connectivity index (χ4n) is 6.64. The quantitative estimate of drug-likeness (QED) is 0.401. The molecule has 42 heavy (non-hydrogen) atoms. The summed E-state index contributed by atoms with van der Waals surface area (Å²) >= 11 is 10.0.